The zero-order valence-electron chi connectivity index (χ0n) is 16.8. The molecule has 0 amide bonds. The normalized spacial score (nSPS) is 14.9. The minimum atomic E-state index is -0.164. The van der Waals surface area contributed by atoms with Gasteiger partial charge in [0.2, 0.25) is 0 Å². The van der Waals surface area contributed by atoms with Gasteiger partial charge >= 0.3 is 0 Å². The van der Waals surface area contributed by atoms with Crippen molar-refractivity contribution in [3.8, 4) is 5.69 Å². The van der Waals surface area contributed by atoms with E-state index in [9.17, 15) is 9.18 Å². The molecule has 0 saturated carbocycles. The number of aromatic nitrogens is 3. The quantitative estimate of drug-likeness (QED) is 0.677. The monoisotopic (exact) mass is 392 g/mol. The van der Waals surface area contributed by atoms with Gasteiger partial charge in [0.15, 0.2) is 0 Å². The van der Waals surface area contributed by atoms with Crippen molar-refractivity contribution in [1.82, 2.24) is 14.5 Å². The van der Waals surface area contributed by atoms with E-state index >= 15 is 0 Å². The summed E-state index contributed by atoms with van der Waals surface area (Å²) in [7, 11) is 0. The van der Waals surface area contributed by atoms with Crippen LogP contribution in [0.1, 0.15) is 29.9 Å². The highest BCUT2D eigenvalue weighted by Crippen LogP contribution is 2.25. The molecule has 4 rings (SSSR count). The Kier molecular flexibility index (Phi) is 5.43. The topological polar surface area (TPSA) is 51.0 Å². The Labute approximate surface area is 169 Å². The van der Waals surface area contributed by atoms with Gasteiger partial charge < -0.3 is 4.90 Å². The van der Waals surface area contributed by atoms with E-state index in [0.29, 0.717) is 11.7 Å². The molecule has 1 aliphatic rings. The zero-order valence-corrected chi connectivity index (χ0v) is 16.8. The first-order valence-electron chi connectivity index (χ1n) is 10.0. The molecule has 3 aromatic rings. The number of nitrogens with zero attached hydrogens (tertiary/aromatic N) is 4. The molecule has 2 aromatic heterocycles. The van der Waals surface area contributed by atoms with E-state index in [1.807, 2.05) is 32.0 Å². The highest BCUT2D eigenvalue weighted by Gasteiger charge is 2.20. The van der Waals surface area contributed by atoms with Crippen molar-refractivity contribution in [1.29, 1.82) is 0 Å². The third-order valence-electron chi connectivity index (χ3n) is 5.56. The Morgan fingerprint density at radius 3 is 2.55 bits per heavy atom. The summed E-state index contributed by atoms with van der Waals surface area (Å²) < 4.78 is 15.0. The summed E-state index contributed by atoms with van der Waals surface area (Å²) >= 11 is 0. The van der Waals surface area contributed by atoms with Crippen molar-refractivity contribution in [3.63, 3.8) is 0 Å². The molecule has 0 N–H and O–H groups in total. The van der Waals surface area contributed by atoms with E-state index in [0.717, 1.165) is 55.1 Å². The largest absolute Gasteiger partial charge is 0.357 e. The zero-order chi connectivity index (χ0) is 20.4. The van der Waals surface area contributed by atoms with Crippen molar-refractivity contribution >= 4 is 5.82 Å². The van der Waals surface area contributed by atoms with Crippen LogP contribution in [0.4, 0.5) is 10.2 Å². The van der Waals surface area contributed by atoms with Gasteiger partial charge in [0.25, 0.3) is 5.56 Å². The van der Waals surface area contributed by atoms with Crippen LogP contribution < -0.4 is 10.5 Å². The van der Waals surface area contributed by atoms with Gasteiger partial charge in [-0.3, -0.25) is 9.36 Å². The number of piperidine rings is 1. The number of halogens is 1. The molecule has 1 fully saturated rings. The molecule has 0 unspecified atom stereocenters. The number of benzene rings is 1. The van der Waals surface area contributed by atoms with E-state index in [1.54, 1.807) is 22.9 Å². The second-order valence-corrected chi connectivity index (χ2v) is 7.76. The molecule has 1 aromatic carbocycles. The van der Waals surface area contributed by atoms with Gasteiger partial charge in [-0.15, -0.1) is 0 Å². The molecule has 29 heavy (non-hydrogen) atoms. The van der Waals surface area contributed by atoms with Crippen LogP contribution in [0.15, 0.2) is 53.5 Å². The number of anilines is 1. The van der Waals surface area contributed by atoms with Gasteiger partial charge in [-0.05, 0) is 68.9 Å². The van der Waals surface area contributed by atoms with Gasteiger partial charge in [0.1, 0.15) is 17.5 Å². The molecule has 1 saturated heterocycles. The maximum Gasteiger partial charge on any atom is 0.258 e. The van der Waals surface area contributed by atoms with Gasteiger partial charge in [-0.1, -0.05) is 12.1 Å². The number of hydrogen-bond acceptors (Lipinski definition) is 4. The van der Waals surface area contributed by atoms with Crippen molar-refractivity contribution in [2.45, 2.75) is 33.1 Å². The molecule has 0 spiro atoms. The lowest BCUT2D eigenvalue weighted by molar-refractivity contribution is 0.401. The third kappa shape index (κ3) is 4.36. The average molecular weight is 392 g/mol. The van der Waals surface area contributed by atoms with Crippen molar-refractivity contribution in [3.05, 3.63) is 81.9 Å². The summed E-state index contributed by atoms with van der Waals surface area (Å²) in [6.07, 6.45) is 4.76. The molecule has 0 aliphatic carbocycles. The van der Waals surface area contributed by atoms with Crippen molar-refractivity contribution in [2.75, 3.05) is 18.0 Å². The van der Waals surface area contributed by atoms with E-state index in [1.165, 1.54) is 12.1 Å². The highest BCUT2D eigenvalue weighted by molar-refractivity contribution is 5.44. The standard InChI is InChI=1S/C23H25FN4O/c1-16-12-23(29)28(17(2)26-16)21-6-7-22(25-15-21)27-10-8-18(9-11-27)13-19-4-3-5-20(24)14-19/h3-7,12,14-15,18H,8-11,13H2,1-2H3. The summed E-state index contributed by atoms with van der Waals surface area (Å²) in [6, 6.07) is 12.3. The molecular formula is C23H25FN4O. The van der Waals surface area contributed by atoms with Crippen LogP contribution in [0.3, 0.4) is 0 Å². The van der Waals surface area contributed by atoms with E-state index in [-0.39, 0.29) is 11.4 Å². The second kappa shape index (κ2) is 8.15. The van der Waals surface area contributed by atoms with Gasteiger partial charge in [-0.2, -0.15) is 0 Å². The molecule has 0 atom stereocenters. The van der Waals surface area contributed by atoms with Crippen LogP contribution in [-0.4, -0.2) is 27.6 Å². The summed E-state index contributed by atoms with van der Waals surface area (Å²) in [5.74, 6) is 1.97. The summed E-state index contributed by atoms with van der Waals surface area (Å²) in [5.41, 5.74) is 2.42. The molecule has 1 aliphatic heterocycles. The van der Waals surface area contributed by atoms with E-state index in [4.69, 9.17) is 0 Å². The first-order valence-corrected chi connectivity index (χ1v) is 10.0. The first-order chi connectivity index (χ1) is 14.0. The van der Waals surface area contributed by atoms with E-state index in [2.05, 4.69) is 14.9 Å². The lowest BCUT2D eigenvalue weighted by Gasteiger charge is -2.33. The SMILES string of the molecule is Cc1cc(=O)n(-c2ccc(N3CCC(Cc4cccc(F)c4)CC3)nc2)c(C)n1. The lowest BCUT2D eigenvalue weighted by Crippen LogP contribution is -2.34. The molecular weight excluding hydrogens is 367 g/mol. The van der Waals surface area contributed by atoms with Gasteiger partial charge in [-0.25, -0.2) is 14.4 Å². The summed E-state index contributed by atoms with van der Waals surface area (Å²) in [6.45, 7) is 5.50. The fourth-order valence-electron chi connectivity index (χ4n) is 4.12. The van der Waals surface area contributed by atoms with Crippen LogP contribution in [-0.2, 0) is 6.42 Å². The van der Waals surface area contributed by atoms with Crippen molar-refractivity contribution in [2.24, 2.45) is 5.92 Å². The summed E-state index contributed by atoms with van der Waals surface area (Å²) in [5, 5.41) is 0. The van der Waals surface area contributed by atoms with Crippen LogP contribution >= 0.6 is 0 Å². The highest BCUT2D eigenvalue weighted by atomic mass is 19.1. The average Bonchev–Trinajstić information content (AvgIpc) is 2.68. The minimum Gasteiger partial charge on any atom is -0.357 e. The van der Waals surface area contributed by atoms with Crippen LogP contribution in [0.2, 0.25) is 0 Å². The Hall–Kier alpha value is -3.02. The Bertz CT molecular complexity index is 1050. The van der Waals surface area contributed by atoms with E-state index < -0.39 is 0 Å². The Balaban J connectivity index is 1.41. The lowest BCUT2D eigenvalue weighted by atomic mass is 9.90. The smallest absolute Gasteiger partial charge is 0.258 e. The van der Waals surface area contributed by atoms with Crippen LogP contribution in [0.25, 0.3) is 5.69 Å². The van der Waals surface area contributed by atoms with Crippen LogP contribution in [0, 0.1) is 25.6 Å². The minimum absolute atomic E-state index is 0.0947. The number of hydrogen-bond donors (Lipinski definition) is 0. The Morgan fingerprint density at radius 2 is 1.90 bits per heavy atom. The second-order valence-electron chi connectivity index (χ2n) is 7.76. The number of pyridine rings is 1. The molecule has 150 valence electrons. The molecule has 3 heterocycles. The fraction of sp³-hybridized carbons (Fsp3) is 0.348. The molecule has 5 nitrogen and oxygen atoms in total. The van der Waals surface area contributed by atoms with Crippen LogP contribution in [0.5, 0.6) is 0 Å². The third-order valence-corrected chi connectivity index (χ3v) is 5.56. The predicted molar refractivity (Wildman–Crippen MR) is 112 cm³/mol. The maximum absolute atomic E-state index is 13.4. The predicted octanol–water partition coefficient (Wildman–Crippen LogP) is 3.84. The van der Waals surface area contributed by atoms with Gasteiger partial charge in [0.05, 0.1) is 11.9 Å². The molecule has 0 radical (unpaired) electrons. The number of aryl methyl sites for hydroxylation is 2. The Morgan fingerprint density at radius 1 is 1.10 bits per heavy atom. The maximum atomic E-state index is 13.4. The van der Waals surface area contributed by atoms with Crippen molar-refractivity contribution < 1.29 is 4.39 Å². The fourth-order valence-corrected chi connectivity index (χ4v) is 4.12. The summed E-state index contributed by atoms with van der Waals surface area (Å²) in [4.78, 5) is 23.6. The first kappa shape index (κ1) is 19.3. The number of rotatable bonds is 4. The molecule has 6 heteroatoms. The molecule has 0 bridgehead atoms. The van der Waals surface area contributed by atoms with Gasteiger partial charge in [0, 0.05) is 24.8 Å².